The number of carbonyl (C=O) groups excluding carboxylic acids is 2. The number of ether oxygens (including phenoxy) is 1. The second kappa shape index (κ2) is 10.2. The summed E-state index contributed by atoms with van der Waals surface area (Å²) in [6.45, 7) is 3.92. The highest BCUT2D eigenvalue weighted by Crippen LogP contribution is 2.27. The third-order valence-corrected chi connectivity index (χ3v) is 5.50. The molecular formula is C25H27N5O4. The molecule has 0 aliphatic carbocycles. The molecule has 0 bridgehead atoms. The number of benzene rings is 2. The zero-order valence-electron chi connectivity index (χ0n) is 19.3. The summed E-state index contributed by atoms with van der Waals surface area (Å²) in [4.78, 5) is 28.7. The molecule has 0 fully saturated rings. The highest BCUT2D eigenvalue weighted by molar-refractivity contribution is 5.89. The van der Waals surface area contributed by atoms with E-state index in [9.17, 15) is 9.59 Å². The van der Waals surface area contributed by atoms with Gasteiger partial charge in [0.2, 0.25) is 11.8 Å². The topological polar surface area (TPSA) is 102 Å². The predicted molar refractivity (Wildman–Crippen MR) is 126 cm³/mol. The molecule has 34 heavy (non-hydrogen) atoms. The molecule has 0 spiro atoms. The summed E-state index contributed by atoms with van der Waals surface area (Å²) < 4.78 is 12.3. The fraction of sp³-hybridized carbons (Fsp3) is 0.280. The second-order valence-electron chi connectivity index (χ2n) is 8.11. The van der Waals surface area contributed by atoms with Crippen molar-refractivity contribution < 1.29 is 18.7 Å². The van der Waals surface area contributed by atoms with Gasteiger partial charge in [-0.3, -0.25) is 9.59 Å². The minimum absolute atomic E-state index is 0.0510. The first-order valence-corrected chi connectivity index (χ1v) is 11.0. The van der Waals surface area contributed by atoms with Crippen LogP contribution in [0.1, 0.15) is 31.2 Å². The lowest BCUT2D eigenvalue weighted by molar-refractivity contribution is -0.143. The van der Waals surface area contributed by atoms with Gasteiger partial charge in [-0.15, -0.1) is 5.10 Å². The van der Waals surface area contributed by atoms with Gasteiger partial charge in [0.1, 0.15) is 29.6 Å². The molecule has 0 radical (unpaired) electrons. The number of amides is 2. The Morgan fingerprint density at radius 1 is 1.12 bits per heavy atom. The van der Waals surface area contributed by atoms with Crippen molar-refractivity contribution in [2.45, 2.75) is 39.0 Å². The number of furan rings is 1. The zero-order chi connectivity index (χ0) is 24.1. The Hall–Kier alpha value is -4.14. The molecule has 0 saturated carbocycles. The Morgan fingerprint density at radius 3 is 2.68 bits per heavy atom. The number of nitrogens with zero attached hydrogens (tertiary/aromatic N) is 4. The number of hydrogen-bond acceptors (Lipinski definition) is 6. The van der Waals surface area contributed by atoms with Gasteiger partial charge in [-0.05, 0) is 55.8 Å². The van der Waals surface area contributed by atoms with Gasteiger partial charge in [-0.2, -0.15) is 0 Å². The van der Waals surface area contributed by atoms with Crippen LogP contribution in [-0.2, 0) is 22.7 Å². The van der Waals surface area contributed by atoms with Crippen molar-refractivity contribution in [3.8, 4) is 5.75 Å². The summed E-state index contributed by atoms with van der Waals surface area (Å²) in [6, 6.07) is 17.0. The molecule has 2 amide bonds. The van der Waals surface area contributed by atoms with Crippen molar-refractivity contribution in [2.75, 3.05) is 7.11 Å². The van der Waals surface area contributed by atoms with Crippen molar-refractivity contribution in [3.63, 3.8) is 0 Å². The number of nitrogens with one attached hydrogen (secondary N) is 1. The lowest BCUT2D eigenvalue weighted by Crippen LogP contribution is -2.48. The molecule has 1 unspecified atom stereocenters. The smallest absolute Gasteiger partial charge is 0.247 e. The Balaban J connectivity index is 1.66. The Labute approximate surface area is 197 Å². The maximum atomic E-state index is 13.6. The van der Waals surface area contributed by atoms with E-state index in [0.717, 1.165) is 5.52 Å². The first kappa shape index (κ1) is 23.0. The van der Waals surface area contributed by atoms with Crippen LogP contribution in [0.25, 0.3) is 11.0 Å². The second-order valence-corrected chi connectivity index (χ2v) is 8.11. The van der Waals surface area contributed by atoms with Gasteiger partial charge in [0.15, 0.2) is 0 Å². The fourth-order valence-electron chi connectivity index (χ4n) is 3.91. The van der Waals surface area contributed by atoms with Crippen molar-refractivity contribution in [3.05, 3.63) is 78.3 Å². The number of fused-ring (bicyclic) bond motifs is 1. The van der Waals surface area contributed by atoms with Crippen LogP contribution in [0.3, 0.4) is 0 Å². The summed E-state index contributed by atoms with van der Waals surface area (Å²) in [6.07, 6.45) is 1.55. The number of carbonyl (C=O) groups is 2. The Kier molecular flexibility index (Phi) is 6.91. The van der Waals surface area contributed by atoms with E-state index in [1.54, 1.807) is 53.3 Å². The summed E-state index contributed by atoms with van der Waals surface area (Å²) >= 11 is 0. The van der Waals surface area contributed by atoms with E-state index in [4.69, 9.17) is 9.15 Å². The summed E-state index contributed by atoms with van der Waals surface area (Å²) in [5, 5.41) is 11.2. The molecule has 176 valence electrons. The van der Waals surface area contributed by atoms with E-state index in [1.165, 1.54) is 0 Å². The molecule has 1 N–H and O–H groups in total. The summed E-state index contributed by atoms with van der Waals surface area (Å²) in [7, 11) is 1.56. The highest BCUT2D eigenvalue weighted by atomic mass is 16.5. The van der Waals surface area contributed by atoms with Gasteiger partial charge in [-0.25, -0.2) is 4.68 Å². The lowest BCUT2D eigenvalue weighted by atomic mass is 10.0. The third-order valence-electron chi connectivity index (χ3n) is 5.50. The van der Waals surface area contributed by atoms with Crippen LogP contribution in [0.4, 0.5) is 0 Å². The fourth-order valence-corrected chi connectivity index (χ4v) is 3.91. The van der Waals surface area contributed by atoms with Crippen LogP contribution in [-0.4, -0.2) is 44.9 Å². The van der Waals surface area contributed by atoms with Crippen molar-refractivity contribution in [2.24, 2.45) is 0 Å². The molecule has 0 aliphatic heterocycles. The van der Waals surface area contributed by atoms with Crippen LogP contribution >= 0.6 is 0 Å². The monoisotopic (exact) mass is 461 g/mol. The molecule has 2 heterocycles. The lowest BCUT2D eigenvalue weighted by Gasteiger charge is -2.34. The van der Waals surface area contributed by atoms with Crippen LogP contribution in [0, 0.1) is 0 Å². The number of aromatic nitrogens is 3. The van der Waals surface area contributed by atoms with Crippen LogP contribution in [0.5, 0.6) is 5.75 Å². The first-order chi connectivity index (χ1) is 16.5. The number of hydrogen-bond donors (Lipinski definition) is 1. The Bertz CT molecular complexity index is 1270. The van der Waals surface area contributed by atoms with Gasteiger partial charge < -0.3 is 19.4 Å². The van der Waals surface area contributed by atoms with E-state index in [2.05, 4.69) is 15.6 Å². The van der Waals surface area contributed by atoms with Gasteiger partial charge in [0, 0.05) is 6.04 Å². The molecule has 9 nitrogen and oxygen atoms in total. The number of para-hydroxylation sites is 1. The largest absolute Gasteiger partial charge is 0.497 e. The molecular weight excluding hydrogens is 434 g/mol. The van der Waals surface area contributed by atoms with E-state index in [0.29, 0.717) is 22.6 Å². The highest BCUT2D eigenvalue weighted by Gasteiger charge is 2.34. The van der Waals surface area contributed by atoms with Gasteiger partial charge in [0.05, 0.1) is 25.4 Å². The van der Waals surface area contributed by atoms with E-state index >= 15 is 0 Å². The van der Waals surface area contributed by atoms with E-state index in [-0.39, 0.29) is 30.9 Å². The zero-order valence-corrected chi connectivity index (χ0v) is 19.3. The van der Waals surface area contributed by atoms with E-state index in [1.807, 2.05) is 44.2 Å². The molecule has 9 heteroatoms. The quantitative estimate of drug-likeness (QED) is 0.410. The molecule has 4 rings (SSSR count). The standard InChI is InChI=1S/C25H27N5O4/c1-17(2)30(23(31)16-29-22-12-5-4-11-21(22)27-28-29)24(18-8-6-9-19(14-18)33-3)25(32)26-15-20-10-7-13-34-20/h4-14,17,24H,15-16H2,1-3H3,(H,26,32). The Morgan fingerprint density at radius 2 is 1.94 bits per heavy atom. The predicted octanol–water partition coefficient (Wildman–Crippen LogP) is 3.33. The number of methoxy groups -OCH3 is 1. The van der Waals surface area contributed by atoms with Crippen LogP contribution in [0.2, 0.25) is 0 Å². The minimum Gasteiger partial charge on any atom is -0.497 e. The van der Waals surface area contributed by atoms with Gasteiger partial charge >= 0.3 is 0 Å². The van der Waals surface area contributed by atoms with E-state index < -0.39 is 6.04 Å². The van der Waals surface area contributed by atoms with Gasteiger partial charge in [0.25, 0.3) is 0 Å². The average molecular weight is 462 g/mol. The van der Waals surface area contributed by atoms with Crippen molar-refractivity contribution in [1.29, 1.82) is 0 Å². The van der Waals surface area contributed by atoms with Gasteiger partial charge in [-0.1, -0.05) is 29.5 Å². The summed E-state index contributed by atoms with van der Waals surface area (Å²) in [5.74, 6) is 0.635. The molecule has 4 aromatic rings. The third kappa shape index (κ3) is 4.93. The summed E-state index contributed by atoms with van der Waals surface area (Å²) in [5.41, 5.74) is 2.09. The SMILES string of the molecule is COc1cccc(C(C(=O)NCc2ccco2)N(C(=O)Cn2nnc3ccccc32)C(C)C)c1. The van der Waals surface area contributed by atoms with Crippen molar-refractivity contribution >= 4 is 22.8 Å². The van der Waals surface area contributed by atoms with Crippen LogP contribution < -0.4 is 10.1 Å². The first-order valence-electron chi connectivity index (χ1n) is 11.0. The molecule has 2 aromatic heterocycles. The van der Waals surface area contributed by atoms with Crippen LogP contribution in [0.15, 0.2) is 71.3 Å². The normalized spacial score (nSPS) is 12.0. The maximum absolute atomic E-state index is 13.6. The molecule has 0 aliphatic rings. The minimum atomic E-state index is -0.882. The maximum Gasteiger partial charge on any atom is 0.247 e. The van der Waals surface area contributed by atoms with Crippen molar-refractivity contribution in [1.82, 2.24) is 25.2 Å². The molecule has 0 saturated heterocycles. The molecule has 1 atom stereocenters. The number of rotatable bonds is 9. The molecule has 2 aromatic carbocycles. The average Bonchev–Trinajstić information content (AvgIpc) is 3.51.